The minimum Gasteiger partial charge on any atom is -0.485 e. The first kappa shape index (κ1) is 27.0. The summed E-state index contributed by atoms with van der Waals surface area (Å²) < 4.78 is 20.4. The van der Waals surface area contributed by atoms with Crippen LogP contribution in [-0.4, -0.2) is 37.7 Å². The van der Waals surface area contributed by atoms with Gasteiger partial charge in [-0.1, -0.05) is 23.2 Å². The first-order valence-electron chi connectivity index (χ1n) is 11.7. The smallest absolute Gasteiger partial charge is 0.277 e. The highest BCUT2D eigenvalue weighted by Crippen LogP contribution is 2.32. The summed E-state index contributed by atoms with van der Waals surface area (Å²) in [6.45, 7) is 7.13. The van der Waals surface area contributed by atoms with Gasteiger partial charge in [0, 0.05) is 30.6 Å². The van der Waals surface area contributed by atoms with E-state index in [2.05, 4.69) is 9.97 Å². The second-order valence-corrected chi connectivity index (χ2v) is 10.4. The molecule has 1 fully saturated rings. The zero-order chi connectivity index (χ0) is 27.1. The van der Waals surface area contributed by atoms with Crippen LogP contribution in [0.5, 0.6) is 5.75 Å². The molecule has 0 bridgehead atoms. The molecule has 0 spiro atoms. The summed E-state index contributed by atoms with van der Waals surface area (Å²) in [4.78, 5) is 36.4. The van der Waals surface area contributed by atoms with Crippen LogP contribution in [0.15, 0.2) is 35.4 Å². The third-order valence-corrected chi connectivity index (χ3v) is 7.09. The SMILES string of the molecule is Cc1cnc(N2CCCC(C(C)(C)O)C2=O)cc1-n1c(C)cc(OCc2ncc(F)cc2Cl)c(Cl)c1=O. The largest absolute Gasteiger partial charge is 0.485 e. The van der Waals surface area contributed by atoms with Gasteiger partial charge in [0.25, 0.3) is 5.56 Å². The summed E-state index contributed by atoms with van der Waals surface area (Å²) in [6, 6.07) is 4.41. The molecule has 11 heteroatoms. The van der Waals surface area contributed by atoms with E-state index < -0.39 is 22.9 Å². The van der Waals surface area contributed by atoms with Crippen LogP contribution in [0.1, 0.15) is 43.6 Å². The summed E-state index contributed by atoms with van der Waals surface area (Å²) in [5, 5.41) is 10.4. The van der Waals surface area contributed by atoms with Gasteiger partial charge < -0.3 is 9.84 Å². The molecule has 0 radical (unpaired) electrons. The van der Waals surface area contributed by atoms with Crippen molar-refractivity contribution in [1.29, 1.82) is 0 Å². The van der Waals surface area contributed by atoms with Gasteiger partial charge in [0.1, 0.15) is 29.0 Å². The second kappa shape index (κ2) is 10.4. The maximum Gasteiger partial charge on any atom is 0.277 e. The fourth-order valence-corrected chi connectivity index (χ4v) is 4.83. The number of carbonyl (C=O) groups is 1. The van der Waals surface area contributed by atoms with Gasteiger partial charge in [0.15, 0.2) is 0 Å². The Morgan fingerprint density at radius 3 is 2.57 bits per heavy atom. The predicted octanol–water partition coefficient (Wildman–Crippen LogP) is 4.78. The van der Waals surface area contributed by atoms with E-state index in [1.807, 2.05) is 0 Å². The van der Waals surface area contributed by atoms with E-state index in [-0.39, 0.29) is 28.3 Å². The van der Waals surface area contributed by atoms with Gasteiger partial charge in [0.05, 0.1) is 34.1 Å². The normalized spacial score (nSPS) is 16.3. The van der Waals surface area contributed by atoms with Gasteiger partial charge in [-0.3, -0.25) is 24.0 Å². The third-order valence-electron chi connectivity index (χ3n) is 6.42. The average Bonchev–Trinajstić information content (AvgIpc) is 2.82. The van der Waals surface area contributed by atoms with Crippen molar-refractivity contribution in [3.05, 3.63) is 73.8 Å². The van der Waals surface area contributed by atoms with Crippen LogP contribution in [0, 0.1) is 25.6 Å². The molecule has 0 saturated carbocycles. The van der Waals surface area contributed by atoms with Gasteiger partial charge in [-0.2, -0.15) is 0 Å². The highest BCUT2D eigenvalue weighted by Gasteiger charge is 2.39. The Morgan fingerprint density at radius 1 is 1.16 bits per heavy atom. The molecule has 1 saturated heterocycles. The standard InChI is InChI=1S/C26H27Cl2FN4O4/c1-14-11-31-22(32-7-5-6-17(24(32)34)26(3,4)36)10-20(14)33-15(2)8-21(23(28)25(33)35)37-13-19-18(27)9-16(29)12-30-19/h8-12,17,36H,5-7,13H2,1-4H3. The van der Waals surface area contributed by atoms with Crippen molar-refractivity contribution in [2.45, 2.75) is 52.7 Å². The lowest BCUT2D eigenvalue weighted by Crippen LogP contribution is -2.49. The van der Waals surface area contributed by atoms with Gasteiger partial charge in [0.2, 0.25) is 5.91 Å². The molecule has 0 aromatic carbocycles. The Hall–Kier alpha value is -3.01. The number of hydrogen-bond donors (Lipinski definition) is 1. The minimum absolute atomic E-state index is 0.0974. The number of amides is 1. The number of aliphatic hydroxyl groups is 1. The number of ether oxygens (including phenoxy) is 1. The number of nitrogens with zero attached hydrogens (tertiary/aromatic N) is 4. The zero-order valence-corrected chi connectivity index (χ0v) is 22.4. The van der Waals surface area contributed by atoms with Crippen molar-refractivity contribution in [3.63, 3.8) is 0 Å². The number of hydrogen-bond acceptors (Lipinski definition) is 6. The first-order valence-corrected chi connectivity index (χ1v) is 12.5. The Bertz CT molecular complexity index is 1420. The van der Waals surface area contributed by atoms with Gasteiger partial charge in [-0.15, -0.1) is 0 Å². The van der Waals surface area contributed by atoms with E-state index in [9.17, 15) is 19.1 Å². The molecule has 1 aliphatic heterocycles. The maximum absolute atomic E-state index is 13.3. The number of rotatable bonds is 6. The molecule has 0 aliphatic carbocycles. The first-order chi connectivity index (χ1) is 17.4. The molecule has 3 aromatic heterocycles. The molecule has 1 N–H and O–H groups in total. The number of anilines is 1. The van der Waals surface area contributed by atoms with Crippen LogP contribution in [-0.2, 0) is 11.4 Å². The van der Waals surface area contributed by atoms with E-state index in [0.29, 0.717) is 41.4 Å². The quantitative estimate of drug-likeness (QED) is 0.475. The van der Waals surface area contributed by atoms with Crippen LogP contribution in [0.4, 0.5) is 10.2 Å². The van der Waals surface area contributed by atoms with Crippen LogP contribution < -0.4 is 15.2 Å². The van der Waals surface area contributed by atoms with Crippen molar-refractivity contribution in [2.24, 2.45) is 5.92 Å². The molecule has 1 atom stereocenters. The third kappa shape index (κ3) is 5.49. The lowest BCUT2D eigenvalue weighted by Gasteiger charge is -2.37. The highest BCUT2D eigenvalue weighted by molar-refractivity contribution is 6.32. The number of halogens is 3. The minimum atomic E-state index is -1.16. The molecule has 4 rings (SSSR count). The van der Waals surface area contributed by atoms with Crippen LogP contribution in [0.2, 0.25) is 10.0 Å². The summed E-state index contributed by atoms with van der Waals surface area (Å²) in [5.41, 5.74) is 0.364. The molecule has 4 heterocycles. The number of piperidine rings is 1. The lowest BCUT2D eigenvalue weighted by atomic mass is 9.83. The summed E-state index contributed by atoms with van der Waals surface area (Å²) in [6.07, 6.45) is 3.93. The molecule has 37 heavy (non-hydrogen) atoms. The molecule has 1 aliphatic rings. The molecule has 1 amide bonds. The average molecular weight is 549 g/mol. The van der Waals surface area contributed by atoms with Gasteiger partial charge in [-0.25, -0.2) is 9.37 Å². The zero-order valence-electron chi connectivity index (χ0n) is 20.9. The van der Waals surface area contributed by atoms with E-state index in [1.165, 1.54) is 4.57 Å². The van der Waals surface area contributed by atoms with Crippen molar-refractivity contribution in [3.8, 4) is 11.4 Å². The molecular weight excluding hydrogens is 522 g/mol. The summed E-state index contributed by atoms with van der Waals surface area (Å²) in [5.74, 6) is -0.806. The second-order valence-electron chi connectivity index (χ2n) is 9.64. The lowest BCUT2D eigenvalue weighted by molar-refractivity contribution is -0.131. The van der Waals surface area contributed by atoms with Crippen molar-refractivity contribution < 1.29 is 19.0 Å². The Balaban J connectivity index is 1.68. The number of pyridine rings is 3. The van der Waals surface area contributed by atoms with E-state index >= 15 is 0 Å². The Morgan fingerprint density at radius 2 is 1.89 bits per heavy atom. The predicted molar refractivity (Wildman–Crippen MR) is 139 cm³/mol. The molecular formula is C26H27Cl2FN4O4. The highest BCUT2D eigenvalue weighted by atomic mass is 35.5. The Kier molecular flexibility index (Phi) is 7.60. The van der Waals surface area contributed by atoms with Crippen molar-refractivity contribution in [2.75, 3.05) is 11.4 Å². The molecule has 196 valence electrons. The van der Waals surface area contributed by atoms with Crippen molar-refractivity contribution in [1.82, 2.24) is 14.5 Å². The number of aryl methyl sites for hydroxylation is 2. The molecule has 3 aromatic rings. The summed E-state index contributed by atoms with van der Waals surface area (Å²) >= 11 is 12.4. The number of aromatic nitrogens is 3. The maximum atomic E-state index is 13.3. The van der Waals surface area contributed by atoms with Crippen LogP contribution >= 0.6 is 23.2 Å². The topological polar surface area (TPSA) is 97.6 Å². The fraction of sp³-hybridized carbons (Fsp3) is 0.385. The van der Waals surface area contributed by atoms with Crippen LogP contribution in [0.25, 0.3) is 5.69 Å². The van der Waals surface area contributed by atoms with Crippen LogP contribution in [0.3, 0.4) is 0 Å². The summed E-state index contributed by atoms with van der Waals surface area (Å²) in [7, 11) is 0. The fourth-order valence-electron chi connectivity index (χ4n) is 4.43. The van der Waals surface area contributed by atoms with Gasteiger partial charge in [-0.05, 0) is 52.2 Å². The molecule has 1 unspecified atom stereocenters. The van der Waals surface area contributed by atoms with E-state index in [1.54, 1.807) is 50.9 Å². The monoisotopic (exact) mass is 548 g/mol. The van der Waals surface area contributed by atoms with Gasteiger partial charge >= 0.3 is 0 Å². The van der Waals surface area contributed by atoms with E-state index in [4.69, 9.17) is 27.9 Å². The number of carbonyl (C=O) groups excluding carboxylic acids is 1. The Labute approximate surface area is 223 Å². The van der Waals surface area contributed by atoms with E-state index in [0.717, 1.165) is 18.7 Å². The molecule has 8 nitrogen and oxygen atoms in total. The van der Waals surface area contributed by atoms with Crippen molar-refractivity contribution >= 4 is 34.9 Å².